The van der Waals surface area contributed by atoms with E-state index in [0.29, 0.717) is 11.4 Å². The topological polar surface area (TPSA) is 40.5 Å². The summed E-state index contributed by atoms with van der Waals surface area (Å²) in [4.78, 5) is 0. The molecule has 0 saturated heterocycles. The summed E-state index contributed by atoms with van der Waals surface area (Å²) in [5.41, 5.74) is 0.776. The summed E-state index contributed by atoms with van der Waals surface area (Å²) in [5, 5.41) is 18.6. The van der Waals surface area contributed by atoms with Crippen molar-refractivity contribution in [3.05, 3.63) is 28.8 Å². The molecule has 0 saturated carbocycles. The highest BCUT2D eigenvalue weighted by molar-refractivity contribution is 6.31. The van der Waals surface area contributed by atoms with E-state index in [4.69, 9.17) is 16.7 Å². The minimum Gasteiger partial charge on any atom is -0.508 e. The third-order valence-corrected chi connectivity index (χ3v) is 2.28. The van der Waals surface area contributed by atoms with Crippen LogP contribution in [-0.2, 0) is 6.42 Å². The minimum absolute atomic E-state index is 0.186. The average Bonchev–Trinajstić information content (AvgIpc) is 2.10. The largest absolute Gasteiger partial charge is 0.508 e. The van der Waals surface area contributed by atoms with Crippen LogP contribution in [0, 0.1) is 0 Å². The first-order valence-electron chi connectivity index (χ1n) is 4.33. The van der Waals surface area contributed by atoms with Gasteiger partial charge in [0.15, 0.2) is 0 Å². The summed E-state index contributed by atoms with van der Waals surface area (Å²) >= 11 is 5.89. The van der Waals surface area contributed by atoms with Crippen molar-refractivity contribution >= 4 is 11.6 Å². The van der Waals surface area contributed by atoms with Gasteiger partial charge in [0.2, 0.25) is 0 Å². The van der Waals surface area contributed by atoms with E-state index in [9.17, 15) is 5.11 Å². The van der Waals surface area contributed by atoms with Crippen LogP contribution in [0.4, 0.5) is 0 Å². The zero-order valence-electron chi connectivity index (χ0n) is 7.33. The molecule has 0 heterocycles. The third kappa shape index (κ3) is 2.90. The van der Waals surface area contributed by atoms with Gasteiger partial charge in [0.1, 0.15) is 5.75 Å². The number of unbranched alkanes of at least 4 members (excludes halogenated alkanes) is 1. The maximum Gasteiger partial charge on any atom is 0.120 e. The Labute approximate surface area is 82.8 Å². The van der Waals surface area contributed by atoms with Crippen molar-refractivity contribution in [1.82, 2.24) is 0 Å². The highest BCUT2D eigenvalue weighted by Crippen LogP contribution is 2.26. The molecule has 0 amide bonds. The van der Waals surface area contributed by atoms with Gasteiger partial charge in [0.25, 0.3) is 0 Å². The van der Waals surface area contributed by atoms with Crippen molar-refractivity contribution < 1.29 is 10.2 Å². The number of hydrogen-bond donors (Lipinski definition) is 2. The third-order valence-electron chi connectivity index (χ3n) is 1.93. The summed E-state index contributed by atoms with van der Waals surface area (Å²) in [6.07, 6.45) is 2.30. The van der Waals surface area contributed by atoms with Gasteiger partial charge < -0.3 is 10.2 Å². The van der Waals surface area contributed by atoms with E-state index in [1.165, 1.54) is 0 Å². The Kier molecular flexibility index (Phi) is 4.06. The lowest BCUT2D eigenvalue weighted by atomic mass is 10.1. The zero-order valence-corrected chi connectivity index (χ0v) is 8.09. The molecule has 1 rings (SSSR count). The van der Waals surface area contributed by atoms with Crippen molar-refractivity contribution in [2.45, 2.75) is 19.3 Å². The number of hydrogen-bond acceptors (Lipinski definition) is 2. The lowest BCUT2D eigenvalue weighted by Crippen LogP contribution is -1.90. The van der Waals surface area contributed by atoms with E-state index in [1.54, 1.807) is 18.2 Å². The molecule has 0 bridgehead atoms. The first-order valence-corrected chi connectivity index (χ1v) is 4.70. The molecule has 0 aromatic heterocycles. The van der Waals surface area contributed by atoms with Crippen LogP contribution in [0.2, 0.25) is 5.02 Å². The number of phenolic OH excluding ortho intramolecular Hbond substituents is 1. The lowest BCUT2D eigenvalue weighted by Gasteiger charge is -2.05. The predicted octanol–water partition coefficient (Wildman–Crippen LogP) is 2.36. The molecule has 0 spiro atoms. The Morgan fingerprint density at radius 3 is 2.62 bits per heavy atom. The fraction of sp³-hybridized carbons (Fsp3) is 0.400. The number of aliphatic hydroxyl groups is 1. The number of halogens is 1. The van der Waals surface area contributed by atoms with Gasteiger partial charge in [-0.2, -0.15) is 0 Å². The number of rotatable bonds is 4. The van der Waals surface area contributed by atoms with Gasteiger partial charge in [-0.3, -0.25) is 0 Å². The van der Waals surface area contributed by atoms with Gasteiger partial charge in [-0.15, -0.1) is 0 Å². The summed E-state index contributed by atoms with van der Waals surface area (Å²) < 4.78 is 0. The van der Waals surface area contributed by atoms with E-state index in [1.807, 2.05) is 0 Å². The van der Waals surface area contributed by atoms with Crippen molar-refractivity contribution in [1.29, 1.82) is 0 Å². The molecule has 0 aliphatic heterocycles. The number of aliphatic hydroxyl groups excluding tert-OH is 1. The molecule has 2 nitrogen and oxygen atoms in total. The van der Waals surface area contributed by atoms with Crippen LogP contribution in [0.3, 0.4) is 0 Å². The SMILES string of the molecule is OCCCCc1c(O)cccc1Cl. The Hall–Kier alpha value is -0.730. The molecule has 0 radical (unpaired) electrons. The second kappa shape index (κ2) is 5.10. The Bertz CT molecular complexity index is 253. The molecular weight excluding hydrogens is 188 g/mol. The Morgan fingerprint density at radius 1 is 1.23 bits per heavy atom. The van der Waals surface area contributed by atoms with E-state index < -0.39 is 0 Å². The lowest BCUT2D eigenvalue weighted by molar-refractivity contribution is 0.284. The fourth-order valence-electron chi connectivity index (χ4n) is 1.21. The maximum absolute atomic E-state index is 9.44. The van der Waals surface area contributed by atoms with Crippen molar-refractivity contribution in [3.63, 3.8) is 0 Å². The van der Waals surface area contributed by atoms with E-state index >= 15 is 0 Å². The first-order chi connectivity index (χ1) is 6.25. The Morgan fingerprint density at radius 2 is 2.00 bits per heavy atom. The monoisotopic (exact) mass is 200 g/mol. The molecule has 2 N–H and O–H groups in total. The van der Waals surface area contributed by atoms with Crippen molar-refractivity contribution in [2.24, 2.45) is 0 Å². The molecule has 0 fully saturated rings. The molecule has 0 aliphatic rings. The van der Waals surface area contributed by atoms with Crippen LogP contribution in [0.25, 0.3) is 0 Å². The zero-order chi connectivity index (χ0) is 9.68. The van der Waals surface area contributed by atoms with Crippen LogP contribution in [0.5, 0.6) is 5.75 Å². The van der Waals surface area contributed by atoms with E-state index in [-0.39, 0.29) is 12.4 Å². The van der Waals surface area contributed by atoms with Gasteiger partial charge in [-0.05, 0) is 31.4 Å². The van der Waals surface area contributed by atoms with Crippen LogP contribution in [0.1, 0.15) is 18.4 Å². The smallest absolute Gasteiger partial charge is 0.120 e. The summed E-state index contributed by atoms with van der Waals surface area (Å²) in [6, 6.07) is 5.10. The molecule has 72 valence electrons. The molecule has 1 aromatic rings. The second-order valence-electron chi connectivity index (χ2n) is 2.92. The van der Waals surface area contributed by atoms with Crippen LogP contribution in [0.15, 0.2) is 18.2 Å². The normalized spacial score (nSPS) is 10.3. The van der Waals surface area contributed by atoms with Crippen molar-refractivity contribution in [2.75, 3.05) is 6.61 Å². The number of benzene rings is 1. The van der Waals surface area contributed by atoms with Crippen LogP contribution < -0.4 is 0 Å². The fourth-order valence-corrected chi connectivity index (χ4v) is 1.47. The number of phenols is 1. The van der Waals surface area contributed by atoms with Gasteiger partial charge >= 0.3 is 0 Å². The van der Waals surface area contributed by atoms with Crippen LogP contribution in [-0.4, -0.2) is 16.8 Å². The molecular formula is C10H13ClO2. The quantitative estimate of drug-likeness (QED) is 0.733. The summed E-state index contributed by atoms with van der Waals surface area (Å²) in [6.45, 7) is 0.186. The second-order valence-corrected chi connectivity index (χ2v) is 3.33. The highest BCUT2D eigenvalue weighted by atomic mass is 35.5. The number of aromatic hydroxyl groups is 1. The first kappa shape index (κ1) is 10.4. The molecule has 0 aliphatic carbocycles. The Balaban J connectivity index is 2.64. The standard InChI is InChI=1S/C10H13ClO2/c11-9-5-3-6-10(13)8(9)4-1-2-7-12/h3,5-6,12-13H,1-2,4,7H2. The highest BCUT2D eigenvalue weighted by Gasteiger charge is 2.04. The molecule has 13 heavy (non-hydrogen) atoms. The van der Waals surface area contributed by atoms with Gasteiger partial charge in [-0.25, -0.2) is 0 Å². The molecule has 1 aromatic carbocycles. The minimum atomic E-state index is 0.186. The summed E-state index contributed by atoms with van der Waals surface area (Å²) in [5.74, 6) is 0.241. The predicted molar refractivity (Wildman–Crippen MR) is 53.1 cm³/mol. The van der Waals surface area contributed by atoms with Crippen molar-refractivity contribution in [3.8, 4) is 5.75 Å². The van der Waals surface area contributed by atoms with E-state index in [2.05, 4.69) is 0 Å². The molecule has 3 heteroatoms. The molecule has 0 unspecified atom stereocenters. The molecule has 0 atom stereocenters. The van der Waals surface area contributed by atoms with Crippen LogP contribution >= 0.6 is 11.6 Å². The van der Waals surface area contributed by atoms with Gasteiger partial charge in [0, 0.05) is 17.2 Å². The maximum atomic E-state index is 9.44. The van der Waals surface area contributed by atoms with E-state index in [0.717, 1.165) is 18.4 Å². The average molecular weight is 201 g/mol. The van der Waals surface area contributed by atoms with Gasteiger partial charge in [-0.1, -0.05) is 17.7 Å². The summed E-state index contributed by atoms with van der Waals surface area (Å²) in [7, 11) is 0. The van der Waals surface area contributed by atoms with Gasteiger partial charge in [0.05, 0.1) is 0 Å².